The topological polar surface area (TPSA) is 85.2 Å². The molecule has 1 aliphatic carbocycles. The summed E-state index contributed by atoms with van der Waals surface area (Å²) in [6.45, 7) is 5.22. The van der Waals surface area contributed by atoms with Gasteiger partial charge in [-0.25, -0.2) is 0 Å². The average molecular weight is 356 g/mol. The Bertz CT molecular complexity index is 662. The van der Waals surface area contributed by atoms with Crippen LogP contribution in [0.25, 0.3) is 0 Å². The number of amides is 2. The van der Waals surface area contributed by atoms with Gasteiger partial charge in [0.05, 0.1) is 29.8 Å². The summed E-state index contributed by atoms with van der Waals surface area (Å²) >= 11 is 0. The Morgan fingerprint density at radius 2 is 2.00 bits per heavy atom. The third kappa shape index (κ3) is 5.85. The van der Waals surface area contributed by atoms with Gasteiger partial charge < -0.3 is 10.6 Å². The third-order valence-electron chi connectivity index (χ3n) is 4.70. The van der Waals surface area contributed by atoms with Gasteiger partial charge in [0.15, 0.2) is 0 Å². The Morgan fingerprint density at radius 3 is 2.65 bits per heavy atom. The van der Waals surface area contributed by atoms with Crippen LogP contribution in [0, 0.1) is 17.2 Å². The molecular weight excluding hydrogens is 328 g/mol. The second-order valence-corrected chi connectivity index (χ2v) is 6.91. The zero-order chi connectivity index (χ0) is 18.9. The number of hydrogen-bond acceptors (Lipinski definition) is 4. The molecule has 2 amide bonds. The Morgan fingerprint density at radius 1 is 1.31 bits per heavy atom. The van der Waals surface area contributed by atoms with Crippen molar-refractivity contribution in [3.05, 3.63) is 29.8 Å². The van der Waals surface area contributed by atoms with Gasteiger partial charge in [-0.05, 0) is 38.4 Å². The lowest BCUT2D eigenvalue weighted by molar-refractivity contribution is -0.117. The highest BCUT2D eigenvalue weighted by molar-refractivity contribution is 6.04. The molecule has 0 saturated heterocycles. The van der Waals surface area contributed by atoms with Crippen LogP contribution in [-0.4, -0.2) is 42.4 Å². The van der Waals surface area contributed by atoms with Crippen molar-refractivity contribution in [3.63, 3.8) is 0 Å². The number of hydrogen-bond donors (Lipinski definition) is 2. The molecule has 26 heavy (non-hydrogen) atoms. The molecule has 1 aliphatic rings. The summed E-state index contributed by atoms with van der Waals surface area (Å²) in [4.78, 5) is 26.9. The van der Waals surface area contributed by atoms with Gasteiger partial charge in [-0.1, -0.05) is 31.9 Å². The third-order valence-corrected chi connectivity index (χ3v) is 4.70. The van der Waals surface area contributed by atoms with Gasteiger partial charge in [-0.3, -0.25) is 14.5 Å². The molecule has 0 aromatic heterocycles. The Kier molecular flexibility index (Phi) is 7.61. The molecular formula is C20H28N4O2. The maximum atomic E-state index is 12.6. The predicted molar refractivity (Wildman–Crippen MR) is 102 cm³/mol. The van der Waals surface area contributed by atoms with Gasteiger partial charge in [0.1, 0.15) is 0 Å². The van der Waals surface area contributed by atoms with Crippen molar-refractivity contribution in [2.75, 3.05) is 25.0 Å². The standard InChI is InChI=1S/C20H28N4O2/c1-3-24(13-15(2)12-21)14-19(25)23-18-11-7-6-10-17(18)20(26)22-16-8-4-5-9-16/h6-7,10-11,15-16H,3-5,8-9,13-14H2,1-2H3,(H,22,26)(H,23,25)/t15-/m1/s1. The van der Waals surface area contributed by atoms with E-state index in [1.165, 1.54) is 0 Å². The van der Waals surface area contributed by atoms with E-state index in [9.17, 15) is 9.59 Å². The summed E-state index contributed by atoms with van der Waals surface area (Å²) in [5.74, 6) is -0.455. The molecule has 140 valence electrons. The van der Waals surface area contributed by atoms with Crippen LogP contribution in [-0.2, 0) is 4.79 Å². The number of para-hydroxylation sites is 1. The minimum Gasteiger partial charge on any atom is -0.349 e. The summed E-state index contributed by atoms with van der Waals surface area (Å²) in [6, 6.07) is 9.49. The zero-order valence-corrected chi connectivity index (χ0v) is 15.6. The summed E-state index contributed by atoms with van der Waals surface area (Å²) in [5.41, 5.74) is 1.01. The van der Waals surface area contributed by atoms with Gasteiger partial charge in [0, 0.05) is 12.6 Å². The SMILES string of the molecule is CCN(CC(=O)Nc1ccccc1C(=O)NC1CCCC1)C[C@H](C)C#N. The monoisotopic (exact) mass is 356 g/mol. The van der Waals surface area contributed by atoms with Crippen molar-refractivity contribution in [2.24, 2.45) is 5.92 Å². The number of carbonyl (C=O) groups is 2. The molecule has 6 heteroatoms. The molecule has 0 unspecified atom stereocenters. The van der Waals surface area contributed by atoms with Crippen molar-refractivity contribution < 1.29 is 9.59 Å². The number of nitriles is 1. The molecule has 0 aliphatic heterocycles. The van der Waals surface area contributed by atoms with E-state index in [4.69, 9.17) is 5.26 Å². The minimum atomic E-state index is -0.182. The van der Waals surface area contributed by atoms with Gasteiger partial charge in [-0.15, -0.1) is 0 Å². The lowest BCUT2D eigenvalue weighted by Gasteiger charge is -2.21. The van der Waals surface area contributed by atoms with Crippen molar-refractivity contribution in [1.29, 1.82) is 5.26 Å². The molecule has 0 heterocycles. The quantitative estimate of drug-likeness (QED) is 0.750. The number of nitrogens with one attached hydrogen (secondary N) is 2. The van der Waals surface area contributed by atoms with Crippen molar-refractivity contribution in [2.45, 2.75) is 45.6 Å². The van der Waals surface area contributed by atoms with E-state index in [2.05, 4.69) is 16.7 Å². The molecule has 2 N–H and O–H groups in total. The zero-order valence-electron chi connectivity index (χ0n) is 15.6. The first kappa shape index (κ1) is 19.9. The number of benzene rings is 1. The van der Waals surface area contributed by atoms with Crippen LogP contribution in [0.2, 0.25) is 0 Å². The van der Waals surface area contributed by atoms with Gasteiger partial charge >= 0.3 is 0 Å². The second-order valence-electron chi connectivity index (χ2n) is 6.91. The number of carbonyl (C=O) groups excluding carboxylic acids is 2. The molecule has 2 rings (SSSR count). The lowest BCUT2D eigenvalue weighted by atomic mass is 10.1. The van der Waals surface area contributed by atoms with Crippen LogP contribution in [0.15, 0.2) is 24.3 Å². The van der Waals surface area contributed by atoms with Crippen LogP contribution in [0.1, 0.15) is 49.9 Å². The largest absolute Gasteiger partial charge is 0.349 e. The van der Waals surface area contributed by atoms with Crippen LogP contribution in [0.5, 0.6) is 0 Å². The molecule has 1 aromatic rings. The molecule has 1 aromatic carbocycles. The fraction of sp³-hybridized carbons (Fsp3) is 0.550. The van der Waals surface area contributed by atoms with E-state index in [1.807, 2.05) is 18.7 Å². The summed E-state index contributed by atoms with van der Waals surface area (Å²) in [6.07, 6.45) is 4.33. The first-order valence-electron chi connectivity index (χ1n) is 9.35. The Labute approximate surface area is 155 Å². The predicted octanol–water partition coefficient (Wildman–Crippen LogP) is 2.78. The Balaban J connectivity index is 1.98. The van der Waals surface area contributed by atoms with Gasteiger partial charge in [0.25, 0.3) is 5.91 Å². The normalized spacial score (nSPS) is 15.5. The first-order chi connectivity index (χ1) is 12.5. The van der Waals surface area contributed by atoms with Gasteiger partial charge in [-0.2, -0.15) is 5.26 Å². The lowest BCUT2D eigenvalue weighted by Crippen LogP contribution is -2.36. The van der Waals surface area contributed by atoms with Crippen LogP contribution < -0.4 is 10.6 Å². The molecule has 0 spiro atoms. The average Bonchev–Trinajstić information content (AvgIpc) is 3.14. The summed E-state index contributed by atoms with van der Waals surface area (Å²) in [5, 5.41) is 14.8. The van der Waals surface area contributed by atoms with E-state index in [1.54, 1.807) is 24.3 Å². The smallest absolute Gasteiger partial charge is 0.253 e. The van der Waals surface area contributed by atoms with Gasteiger partial charge in [0.2, 0.25) is 5.91 Å². The van der Waals surface area contributed by atoms with E-state index < -0.39 is 0 Å². The van der Waals surface area contributed by atoms with E-state index in [0.717, 1.165) is 25.7 Å². The molecule has 1 fully saturated rings. The highest BCUT2D eigenvalue weighted by Crippen LogP contribution is 2.20. The Hall–Kier alpha value is -2.39. The number of rotatable bonds is 8. The van der Waals surface area contributed by atoms with E-state index >= 15 is 0 Å². The van der Waals surface area contributed by atoms with Crippen LogP contribution >= 0.6 is 0 Å². The molecule has 1 atom stereocenters. The molecule has 6 nitrogen and oxygen atoms in total. The highest BCUT2D eigenvalue weighted by atomic mass is 16.2. The number of likely N-dealkylation sites (N-methyl/N-ethyl adjacent to an activating group) is 1. The van der Waals surface area contributed by atoms with Crippen LogP contribution in [0.4, 0.5) is 5.69 Å². The fourth-order valence-electron chi connectivity index (χ4n) is 3.25. The van der Waals surface area contributed by atoms with Crippen LogP contribution in [0.3, 0.4) is 0 Å². The second kappa shape index (κ2) is 9.93. The minimum absolute atomic E-state index is 0.132. The number of anilines is 1. The summed E-state index contributed by atoms with van der Waals surface area (Å²) in [7, 11) is 0. The maximum absolute atomic E-state index is 12.6. The first-order valence-corrected chi connectivity index (χ1v) is 9.35. The summed E-state index contributed by atoms with van der Waals surface area (Å²) < 4.78 is 0. The fourth-order valence-corrected chi connectivity index (χ4v) is 3.25. The maximum Gasteiger partial charge on any atom is 0.253 e. The van der Waals surface area contributed by atoms with Crippen molar-refractivity contribution >= 4 is 17.5 Å². The molecule has 0 radical (unpaired) electrons. The van der Waals surface area contributed by atoms with Crippen molar-refractivity contribution in [3.8, 4) is 6.07 Å². The molecule has 0 bridgehead atoms. The number of nitrogens with zero attached hydrogens (tertiary/aromatic N) is 2. The van der Waals surface area contributed by atoms with Crippen molar-refractivity contribution in [1.82, 2.24) is 10.2 Å². The van der Waals surface area contributed by atoms with E-state index in [0.29, 0.717) is 24.3 Å². The highest BCUT2D eigenvalue weighted by Gasteiger charge is 2.20. The van der Waals surface area contributed by atoms with E-state index in [-0.39, 0.29) is 30.3 Å². The molecule has 1 saturated carbocycles.